The number of nitrogens with one attached hydrogen (secondary N) is 2. The number of amides is 1. The standard InChI is InChI=1S/C17H12N6O2/c18-11-13-3-1-2-12(10-13)4-5-15(24)21-22-17-20-16(23-25-17)14-6-8-19-9-7-14/h1-10H,(H,21,24)(H,20,22,23). The van der Waals surface area contributed by atoms with Crippen molar-refractivity contribution < 1.29 is 9.32 Å². The van der Waals surface area contributed by atoms with Crippen LogP contribution >= 0.6 is 0 Å². The molecule has 1 aromatic carbocycles. The summed E-state index contributed by atoms with van der Waals surface area (Å²) in [5.74, 6) is -0.0333. The van der Waals surface area contributed by atoms with E-state index in [1.165, 1.54) is 6.08 Å². The Morgan fingerprint density at radius 3 is 2.88 bits per heavy atom. The summed E-state index contributed by atoms with van der Waals surface area (Å²) < 4.78 is 5.00. The second kappa shape index (κ2) is 7.52. The van der Waals surface area contributed by atoms with Crippen LogP contribution < -0.4 is 10.9 Å². The van der Waals surface area contributed by atoms with Gasteiger partial charge in [0, 0.05) is 24.0 Å². The van der Waals surface area contributed by atoms with Crippen LogP contribution in [0.5, 0.6) is 0 Å². The highest BCUT2D eigenvalue weighted by Crippen LogP contribution is 2.15. The molecule has 25 heavy (non-hydrogen) atoms. The topological polar surface area (TPSA) is 117 Å². The molecule has 3 aromatic rings. The SMILES string of the molecule is N#Cc1cccc(C=CC(=O)NNc2nc(-c3ccncc3)no2)c1. The zero-order valence-electron chi connectivity index (χ0n) is 12.9. The number of nitrogens with zero attached hydrogens (tertiary/aromatic N) is 4. The zero-order chi connectivity index (χ0) is 17.5. The first-order valence-corrected chi connectivity index (χ1v) is 7.23. The van der Waals surface area contributed by atoms with Gasteiger partial charge in [0.05, 0.1) is 11.6 Å². The molecule has 0 aliphatic rings. The zero-order valence-corrected chi connectivity index (χ0v) is 12.9. The number of nitriles is 1. The van der Waals surface area contributed by atoms with Crippen LogP contribution in [0.3, 0.4) is 0 Å². The minimum absolute atomic E-state index is 0.0556. The van der Waals surface area contributed by atoms with Crippen molar-refractivity contribution >= 4 is 18.0 Å². The molecule has 8 nitrogen and oxygen atoms in total. The summed E-state index contributed by atoms with van der Waals surface area (Å²) in [6, 6.07) is 12.5. The molecule has 122 valence electrons. The van der Waals surface area contributed by atoms with E-state index in [4.69, 9.17) is 9.78 Å². The van der Waals surface area contributed by atoms with Gasteiger partial charge in [0.15, 0.2) is 0 Å². The van der Waals surface area contributed by atoms with Gasteiger partial charge >= 0.3 is 6.01 Å². The predicted molar refractivity (Wildman–Crippen MR) is 89.5 cm³/mol. The Bertz CT molecular complexity index is 943. The van der Waals surface area contributed by atoms with Crippen LogP contribution in [0.15, 0.2) is 59.4 Å². The number of benzene rings is 1. The first-order chi connectivity index (χ1) is 12.2. The normalized spacial score (nSPS) is 10.4. The lowest BCUT2D eigenvalue weighted by atomic mass is 10.1. The van der Waals surface area contributed by atoms with Gasteiger partial charge < -0.3 is 4.52 Å². The van der Waals surface area contributed by atoms with Crippen LogP contribution in [0.2, 0.25) is 0 Å². The molecular weight excluding hydrogens is 320 g/mol. The molecule has 2 N–H and O–H groups in total. The van der Waals surface area contributed by atoms with E-state index < -0.39 is 5.91 Å². The third kappa shape index (κ3) is 4.27. The maximum absolute atomic E-state index is 11.8. The van der Waals surface area contributed by atoms with Crippen molar-refractivity contribution in [3.8, 4) is 17.5 Å². The fourth-order valence-corrected chi connectivity index (χ4v) is 1.93. The Morgan fingerprint density at radius 2 is 2.08 bits per heavy atom. The molecule has 8 heteroatoms. The first kappa shape index (κ1) is 15.9. The van der Waals surface area contributed by atoms with Crippen molar-refractivity contribution in [1.82, 2.24) is 20.6 Å². The summed E-state index contributed by atoms with van der Waals surface area (Å²) in [6.07, 6.45) is 6.15. The van der Waals surface area contributed by atoms with Gasteiger partial charge in [-0.15, -0.1) is 0 Å². The van der Waals surface area contributed by atoms with Gasteiger partial charge in [-0.05, 0) is 35.9 Å². The lowest BCUT2D eigenvalue weighted by molar-refractivity contribution is -0.116. The fraction of sp³-hybridized carbons (Fsp3) is 0. The number of hydrazine groups is 1. The monoisotopic (exact) mass is 332 g/mol. The Balaban J connectivity index is 1.57. The lowest BCUT2D eigenvalue weighted by Crippen LogP contribution is -2.27. The van der Waals surface area contributed by atoms with Crippen molar-refractivity contribution in [3.63, 3.8) is 0 Å². The van der Waals surface area contributed by atoms with Gasteiger partial charge in [-0.25, -0.2) is 5.43 Å². The molecule has 0 spiro atoms. The fourth-order valence-electron chi connectivity index (χ4n) is 1.93. The molecule has 0 atom stereocenters. The number of hydrogen-bond donors (Lipinski definition) is 2. The highest BCUT2D eigenvalue weighted by Gasteiger charge is 2.08. The van der Waals surface area contributed by atoms with Gasteiger partial charge in [-0.1, -0.05) is 17.3 Å². The van der Waals surface area contributed by atoms with Gasteiger partial charge in [0.1, 0.15) is 0 Å². The molecule has 1 amide bonds. The molecule has 2 heterocycles. The average Bonchev–Trinajstić information content (AvgIpc) is 3.15. The Morgan fingerprint density at radius 1 is 1.24 bits per heavy atom. The summed E-state index contributed by atoms with van der Waals surface area (Å²) in [4.78, 5) is 19.8. The minimum atomic E-state index is -0.411. The second-order valence-corrected chi connectivity index (χ2v) is 4.84. The number of pyridine rings is 1. The Labute approximate surface area is 142 Å². The van der Waals surface area contributed by atoms with Crippen molar-refractivity contribution in [1.29, 1.82) is 5.26 Å². The first-order valence-electron chi connectivity index (χ1n) is 7.23. The lowest BCUT2D eigenvalue weighted by Gasteiger charge is -2.00. The number of aromatic nitrogens is 3. The molecule has 3 rings (SSSR count). The molecule has 0 aliphatic carbocycles. The third-order valence-corrected chi connectivity index (χ3v) is 3.10. The van der Waals surface area contributed by atoms with Crippen molar-refractivity contribution in [3.05, 3.63) is 66.0 Å². The van der Waals surface area contributed by atoms with Crippen LogP contribution in [0.4, 0.5) is 6.01 Å². The summed E-state index contributed by atoms with van der Waals surface area (Å²) in [6.45, 7) is 0. The summed E-state index contributed by atoms with van der Waals surface area (Å²) >= 11 is 0. The van der Waals surface area contributed by atoms with E-state index in [9.17, 15) is 4.79 Å². The number of carbonyl (C=O) groups is 1. The van der Waals surface area contributed by atoms with E-state index in [1.807, 2.05) is 6.07 Å². The smallest absolute Gasteiger partial charge is 0.313 e. The van der Waals surface area contributed by atoms with Gasteiger partial charge in [-0.2, -0.15) is 10.2 Å². The number of carbonyl (C=O) groups excluding carboxylic acids is 1. The molecule has 0 bridgehead atoms. The number of anilines is 1. The highest BCUT2D eigenvalue weighted by molar-refractivity contribution is 5.92. The van der Waals surface area contributed by atoms with Crippen LogP contribution in [0.1, 0.15) is 11.1 Å². The summed E-state index contributed by atoms with van der Waals surface area (Å²) in [7, 11) is 0. The Hall–Kier alpha value is -3.99. The summed E-state index contributed by atoms with van der Waals surface area (Å²) in [5, 5.41) is 12.6. The molecule has 0 fully saturated rings. The maximum atomic E-state index is 11.8. The molecule has 0 saturated heterocycles. The van der Waals surface area contributed by atoms with E-state index in [2.05, 4.69) is 26.0 Å². The molecule has 0 unspecified atom stereocenters. The van der Waals surface area contributed by atoms with E-state index >= 15 is 0 Å². The van der Waals surface area contributed by atoms with Gasteiger partial charge in [0.25, 0.3) is 5.91 Å². The predicted octanol–water partition coefficient (Wildman–Crippen LogP) is 2.16. The van der Waals surface area contributed by atoms with Crippen molar-refractivity contribution in [2.75, 3.05) is 5.43 Å². The van der Waals surface area contributed by atoms with E-state index in [0.29, 0.717) is 11.4 Å². The minimum Gasteiger partial charge on any atom is -0.313 e. The molecule has 2 aromatic heterocycles. The molecule has 0 aliphatic heterocycles. The van der Waals surface area contributed by atoms with E-state index in [1.54, 1.807) is 54.9 Å². The maximum Gasteiger partial charge on any atom is 0.340 e. The quantitative estimate of drug-likeness (QED) is 0.543. The number of rotatable bonds is 5. The largest absolute Gasteiger partial charge is 0.340 e. The van der Waals surface area contributed by atoms with Crippen LogP contribution in [0, 0.1) is 11.3 Å². The second-order valence-electron chi connectivity index (χ2n) is 4.84. The third-order valence-electron chi connectivity index (χ3n) is 3.10. The molecular formula is C17H12N6O2. The average molecular weight is 332 g/mol. The Kier molecular flexibility index (Phi) is 4.78. The van der Waals surface area contributed by atoms with Crippen LogP contribution in [0.25, 0.3) is 17.5 Å². The van der Waals surface area contributed by atoms with Crippen LogP contribution in [-0.4, -0.2) is 21.0 Å². The highest BCUT2D eigenvalue weighted by atomic mass is 16.5. The van der Waals surface area contributed by atoms with Crippen LogP contribution in [-0.2, 0) is 4.79 Å². The van der Waals surface area contributed by atoms with E-state index in [0.717, 1.165) is 11.1 Å². The van der Waals surface area contributed by atoms with Gasteiger partial charge in [0.2, 0.25) is 5.82 Å². The molecule has 0 radical (unpaired) electrons. The molecule has 0 saturated carbocycles. The van der Waals surface area contributed by atoms with Gasteiger partial charge in [-0.3, -0.25) is 15.2 Å². The van der Waals surface area contributed by atoms with Crippen molar-refractivity contribution in [2.24, 2.45) is 0 Å². The number of hydrogen-bond acceptors (Lipinski definition) is 7. The summed E-state index contributed by atoms with van der Waals surface area (Å²) in [5.41, 5.74) is 6.96. The van der Waals surface area contributed by atoms with E-state index in [-0.39, 0.29) is 6.01 Å². The van der Waals surface area contributed by atoms with Crippen molar-refractivity contribution in [2.45, 2.75) is 0 Å².